The van der Waals surface area contributed by atoms with Gasteiger partial charge in [0.2, 0.25) is 0 Å². The molecule has 3 N–H and O–H groups in total. The molecule has 4 nitrogen and oxygen atoms in total. The van der Waals surface area contributed by atoms with Gasteiger partial charge in [-0.2, -0.15) is 0 Å². The molecule has 1 aromatic rings. The van der Waals surface area contributed by atoms with Crippen molar-refractivity contribution in [2.45, 2.75) is 51.6 Å². The summed E-state index contributed by atoms with van der Waals surface area (Å²) in [6.07, 6.45) is 6.74. The van der Waals surface area contributed by atoms with E-state index < -0.39 is 0 Å². The number of anilines is 1. The van der Waals surface area contributed by atoms with E-state index in [9.17, 15) is 0 Å². The first-order valence-corrected chi connectivity index (χ1v) is 7.35. The van der Waals surface area contributed by atoms with Crippen molar-refractivity contribution in [2.24, 2.45) is 11.8 Å². The number of nitrogens with one attached hydrogen (secondary N) is 1. The van der Waals surface area contributed by atoms with Crippen LogP contribution in [0.1, 0.15) is 44.7 Å². The molecular weight excluding hydrogens is 236 g/mol. The fraction of sp³-hybridized carbons (Fsp3) is 0.667. The van der Waals surface area contributed by atoms with E-state index in [1.165, 1.54) is 32.1 Å². The van der Waals surface area contributed by atoms with Gasteiger partial charge < -0.3 is 5.43 Å². The van der Waals surface area contributed by atoms with E-state index >= 15 is 0 Å². The number of pyridine rings is 1. The van der Waals surface area contributed by atoms with Gasteiger partial charge in [-0.1, -0.05) is 19.4 Å². The maximum atomic E-state index is 5.40. The number of nitrogens with two attached hydrogens (primary N) is 1. The number of nitrogen functional groups attached to an aromatic ring is 1. The summed E-state index contributed by atoms with van der Waals surface area (Å²) < 4.78 is 0. The van der Waals surface area contributed by atoms with Crippen molar-refractivity contribution < 1.29 is 0 Å². The topological polar surface area (TPSA) is 54.2 Å². The van der Waals surface area contributed by atoms with Crippen molar-refractivity contribution >= 4 is 5.82 Å². The van der Waals surface area contributed by atoms with Gasteiger partial charge in [0.25, 0.3) is 0 Å². The number of aromatic nitrogens is 1. The normalized spacial score (nSPS) is 23.6. The van der Waals surface area contributed by atoms with Crippen molar-refractivity contribution in [1.29, 1.82) is 0 Å². The largest absolute Gasteiger partial charge is 0.308 e. The van der Waals surface area contributed by atoms with Gasteiger partial charge in [-0.05, 0) is 50.8 Å². The molecule has 0 bridgehead atoms. The standard InChI is InChI=1S/C15H26N4/c1-3-12-7-9-14(10-8-12)19(2)11-13-5-4-6-15(17-13)18-16/h4-6,12,14H,3,7-11,16H2,1-2H3,(H,17,18). The van der Waals surface area contributed by atoms with Crippen molar-refractivity contribution in [1.82, 2.24) is 9.88 Å². The molecule has 19 heavy (non-hydrogen) atoms. The molecule has 0 spiro atoms. The Hall–Kier alpha value is -1.13. The third-order valence-electron chi connectivity index (χ3n) is 4.38. The minimum Gasteiger partial charge on any atom is -0.308 e. The average Bonchev–Trinajstić information content (AvgIpc) is 2.47. The lowest BCUT2D eigenvalue weighted by Crippen LogP contribution is -2.34. The van der Waals surface area contributed by atoms with Crippen LogP contribution in [0.15, 0.2) is 18.2 Å². The van der Waals surface area contributed by atoms with Crippen molar-refractivity contribution in [3.63, 3.8) is 0 Å². The molecule has 2 rings (SSSR count). The fourth-order valence-electron chi connectivity index (χ4n) is 3.03. The van der Waals surface area contributed by atoms with Crippen LogP contribution in [0.25, 0.3) is 0 Å². The Morgan fingerprint density at radius 1 is 1.32 bits per heavy atom. The molecule has 1 aliphatic rings. The van der Waals surface area contributed by atoms with Gasteiger partial charge in [-0.15, -0.1) is 0 Å². The molecule has 0 aliphatic heterocycles. The van der Waals surface area contributed by atoms with Crippen molar-refractivity contribution in [3.8, 4) is 0 Å². The number of hydrogen-bond donors (Lipinski definition) is 2. The number of rotatable bonds is 5. The summed E-state index contributed by atoms with van der Waals surface area (Å²) >= 11 is 0. The summed E-state index contributed by atoms with van der Waals surface area (Å²) in [6.45, 7) is 3.21. The van der Waals surface area contributed by atoms with Crippen LogP contribution in [-0.2, 0) is 6.54 Å². The van der Waals surface area contributed by atoms with E-state index in [1.807, 2.05) is 12.1 Å². The molecule has 1 aliphatic carbocycles. The highest BCUT2D eigenvalue weighted by Gasteiger charge is 2.23. The highest BCUT2D eigenvalue weighted by atomic mass is 15.3. The Balaban J connectivity index is 1.88. The minimum atomic E-state index is 0.707. The number of hydrogen-bond acceptors (Lipinski definition) is 4. The molecule has 0 saturated heterocycles. The van der Waals surface area contributed by atoms with E-state index in [-0.39, 0.29) is 0 Å². The molecule has 0 radical (unpaired) electrons. The predicted octanol–water partition coefficient (Wildman–Crippen LogP) is 2.77. The zero-order valence-corrected chi connectivity index (χ0v) is 12.1. The third-order valence-corrected chi connectivity index (χ3v) is 4.38. The molecule has 1 saturated carbocycles. The third kappa shape index (κ3) is 3.91. The van der Waals surface area contributed by atoms with Gasteiger partial charge in [0.1, 0.15) is 5.82 Å². The van der Waals surface area contributed by atoms with Crippen LogP contribution in [0.3, 0.4) is 0 Å². The second kappa shape index (κ2) is 6.87. The van der Waals surface area contributed by atoms with E-state index in [4.69, 9.17) is 5.84 Å². The van der Waals surface area contributed by atoms with Gasteiger partial charge in [0.05, 0.1) is 5.69 Å². The average molecular weight is 262 g/mol. The summed E-state index contributed by atoms with van der Waals surface area (Å²) in [5.41, 5.74) is 3.68. The first-order valence-electron chi connectivity index (χ1n) is 7.35. The molecule has 0 amide bonds. The maximum Gasteiger partial charge on any atom is 0.140 e. The molecule has 106 valence electrons. The molecule has 4 heteroatoms. The van der Waals surface area contributed by atoms with Gasteiger partial charge in [-0.25, -0.2) is 10.8 Å². The van der Waals surface area contributed by atoms with Crippen LogP contribution >= 0.6 is 0 Å². The van der Waals surface area contributed by atoms with Crippen molar-refractivity contribution in [3.05, 3.63) is 23.9 Å². The molecular formula is C15H26N4. The van der Waals surface area contributed by atoms with Crippen LogP contribution in [0.5, 0.6) is 0 Å². The Bertz CT molecular complexity index is 385. The lowest BCUT2D eigenvalue weighted by atomic mass is 9.84. The summed E-state index contributed by atoms with van der Waals surface area (Å²) in [6, 6.07) is 6.66. The predicted molar refractivity (Wildman–Crippen MR) is 79.6 cm³/mol. The summed E-state index contributed by atoms with van der Waals surface area (Å²) in [4.78, 5) is 6.92. The zero-order chi connectivity index (χ0) is 13.7. The Kier molecular flexibility index (Phi) is 5.16. The minimum absolute atomic E-state index is 0.707. The lowest BCUT2D eigenvalue weighted by Gasteiger charge is -2.34. The van der Waals surface area contributed by atoms with Gasteiger partial charge >= 0.3 is 0 Å². The zero-order valence-electron chi connectivity index (χ0n) is 12.1. The second-order valence-electron chi connectivity index (χ2n) is 5.66. The SMILES string of the molecule is CCC1CCC(N(C)Cc2cccc(NN)n2)CC1. The van der Waals surface area contributed by atoms with Gasteiger partial charge in [0, 0.05) is 12.6 Å². The number of hydrazine groups is 1. The lowest BCUT2D eigenvalue weighted by molar-refractivity contribution is 0.156. The van der Waals surface area contributed by atoms with Crippen LogP contribution in [-0.4, -0.2) is 23.0 Å². The van der Waals surface area contributed by atoms with Gasteiger partial charge in [-0.3, -0.25) is 4.90 Å². The number of nitrogens with zero attached hydrogens (tertiary/aromatic N) is 2. The van der Waals surface area contributed by atoms with Crippen LogP contribution in [0.2, 0.25) is 0 Å². The van der Waals surface area contributed by atoms with Crippen LogP contribution in [0.4, 0.5) is 5.82 Å². The summed E-state index contributed by atoms with van der Waals surface area (Å²) in [7, 11) is 2.21. The summed E-state index contributed by atoms with van der Waals surface area (Å²) in [5.74, 6) is 7.08. The molecule has 0 unspecified atom stereocenters. The fourth-order valence-corrected chi connectivity index (χ4v) is 3.03. The second-order valence-corrected chi connectivity index (χ2v) is 5.66. The van der Waals surface area contributed by atoms with Gasteiger partial charge in [0.15, 0.2) is 0 Å². The Labute approximate surface area is 116 Å². The van der Waals surface area contributed by atoms with E-state index in [0.717, 1.165) is 24.0 Å². The van der Waals surface area contributed by atoms with E-state index in [0.29, 0.717) is 6.04 Å². The van der Waals surface area contributed by atoms with E-state index in [1.54, 1.807) is 0 Å². The van der Waals surface area contributed by atoms with Crippen LogP contribution in [0, 0.1) is 5.92 Å². The Morgan fingerprint density at radius 2 is 2.05 bits per heavy atom. The summed E-state index contributed by atoms with van der Waals surface area (Å²) in [5, 5.41) is 0. The molecule has 1 heterocycles. The quantitative estimate of drug-likeness (QED) is 0.633. The molecule has 1 aromatic heterocycles. The van der Waals surface area contributed by atoms with E-state index in [2.05, 4.69) is 35.3 Å². The molecule has 0 atom stereocenters. The molecule has 0 aromatic carbocycles. The smallest absolute Gasteiger partial charge is 0.140 e. The molecule has 1 fully saturated rings. The monoisotopic (exact) mass is 262 g/mol. The maximum absolute atomic E-state index is 5.40. The first kappa shape index (κ1) is 14.3. The first-order chi connectivity index (χ1) is 9.22. The Morgan fingerprint density at radius 3 is 2.68 bits per heavy atom. The highest BCUT2D eigenvalue weighted by Crippen LogP contribution is 2.29. The highest BCUT2D eigenvalue weighted by molar-refractivity contribution is 5.33. The van der Waals surface area contributed by atoms with Crippen LogP contribution < -0.4 is 11.3 Å². The van der Waals surface area contributed by atoms with Crippen molar-refractivity contribution in [2.75, 3.05) is 12.5 Å².